The molecule has 0 amide bonds. The summed E-state index contributed by atoms with van der Waals surface area (Å²) in [6.07, 6.45) is 0. The summed E-state index contributed by atoms with van der Waals surface area (Å²) in [5.74, 6) is 0.872. The first-order valence-electron chi connectivity index (χ1n) is 4.29. The van der Waals surface area contributed by atoms with Crippen molar-refractivity contribution in [1.29, 1.82) is 0 Å². The molecule has 0 aliphatic carbocycles. The van der Waals surface area contributed by atoms with Gasteiger partial charge >= 0.3 is 0 Å². The van der Waals surface area contributed by atoms with Crippen molar-refractivity contribution in [2.45, 2.75) is 12.2 Å². The molecule has 72 valence electrons. The Hall–Kier alpha value is -0.830. The van der Waals surface area contributed by atoms with Gasteiger partial charge in [-0.15, -0.1) is 0 Å². The molecule has 1 atom stereocenters. The Labute approximate surface area is 84.7 Å². The number of hydrogen-bond acceptors (Lipinski definition) is 3. The molecule has 1 aromatic rings. The zero-order valence-corrected chi connectivity index (χ0v) is 8.84. The van der Waals surface area contributed by atoms with E-state index in [1.54, 1.807) is 7.11 Å². The quantitative estimate of drug-likeness (QED) is 0.723. The highest BCUT2D eigenvalue weighted by atomic mass is 32.1. The van der Waals surface area contributed by atoms with Gasteiger partial charge in [0.1, 0.15) is 5.75 Å². The monoisotopic (exact) mass is 197 g/mol. The highest BCUT2D eigenvalue weighted by molar-refractivity contribution is 7.80. The van der Waals surface area contributed by atoms with Crippen LogP contribution in [0.15, 0.2) is 24.3 Å². The summed E-state index contributed by atoms with van der Waals surface area (Å²) in [6.45, 7) is 2.88. The van der Waals surface area contributed by atoms with Gasteiger partial charge in [0.15, 0.2) is 0 Å². The molecule has 1 N–H and O–H groups in total. The fourth-order valence-corrected chi connectivity index (χ4v) is 1.14. The molecule has 0 radical (unpaired) electrons. The van der Waals surface area contributed by atoms with Gasteiger partial charge in [0.2, 0.25) is 0 Å². The van der Waals surface area contributed by atoms with Gasteiger partial charge in [0.05, 0.1) is 12.8 Å². The molecule has 1 rings (SSSR count). The van der Waals surface area contributed by atoms with E-state index in [1.165, 1.54) is 0 Å². The molecule has 0 heterocycles. The molecule has 2 nitrogen and oxygen atoms in total. The molecule has 0 saturated carbocycles. The summed E-state index contributed by atoms with van der Waals surface area (Å²) in [5, 5.41) is 3.60. The molecule has 0 aromatic heterocycles. The Morgan fingerprint density at radius 3 is 2.77 bits per heavy atom. The Morgan fingerprint density at radius 1 is 1.46 bits per heavy atom. The number of para-hydroxylation sites is 2. The Kier molecular flexibility index (Phi) is 3.96. The van der Waals surface area contributed by atoms with Crippen LogP contribution in [-0.4, -0.2) is 18.9 Å². The van der Waals surface area contributed by atoms with Crippen molar-refractivity contribution >= 4 is 18.3 Å². The van der Waals surface area contributed by atoms with E-state index in [2.05, 4.69) is 17.9 Å². The summed E-state index contributed by atoms with van der Waals surface area (Å²) in [5.41, 5.74) is 1.02. The Morgan fingerprint density at radius 2 is 2.15 bits per heavy atom. The van der Waals surface area contributed by atoms with Crippen LogP contribution < -0.4 is 10.1 Å². The van der Waals surface area contributed by atoms with E-state index in [-0.39, 0.29) is 0 Å². The van der Waals surface area contributed by atoms with Gasteiger partial charge in [0.25, 0.3) is 0 Å². The van der Waals surface area contributed by atoms with Crippen LogP contribution in [0.5, 0.6) is 5.75 Å². The maximum Gasteiger partial charge on any atom is 0.141 e. The van der Waals surface area contributed by atoms with Gasteiger partial charge in [-0.25, -0.2) is 0 Å². The molecule has 0 spiro atoms. The van der Waals surface area contributed by atoms with Crippen LogP contribution in [-0.2, 0) is 0 Å². The Bertz CT molecular complexity index is 263. The van der Waals surface area contributed by atoms with Gasteiger partial charge < -0.3 is 10.1 Å². The molecular weight excluding hydrogens is 182 g/mol. The minimum absolute atomic E-state index is 0.338. The number of nitrogens with one attached hydrogen (secondary N) is 1. The standard InChI is InChI=1S/C10H15NOS/c1-8(13)7-11-9-5-3-4-6-10(9)12-2/h3-6,8,11,13H,7H2,1-2H3. The van der Waals surface area contributed by atoms with Crippen LogP contribution in [0.4, 0.5) is 5.69 Å². The van der Waals surface area contributed by atoms with Crippen molar-refractivity contribution in [2.24, 2.45) is 0 Å². The zero-order valence-electron chi connectivity index (χ0n) is 7.95. The second-order valence-electron chi connectivity index (χ2n) is 2.93. The number of methoxy groups -OCH3 is 1. The summed E-state index contributed by atoms with van der Waals surface area (Å²) < 4.78 is 5.19. The van der Waals surface area contributed by atoms with Crippen LogP contribution in [0.3, 0.4) is 0 Å². The number of benzene rings is 1. The predicted octanol–water partition coefficient (Wildman–Crippen LogP) is 2.43. The number of thiol groups is 1. The average molecular weight is 197 g/mol. The van der Waals surface area contributed by atoms with E-state index in [0.29, 0.717) is 5.25 Å². The van der Waals surface area contributed by atoms with Crippen molar-refractivity contribution < 1.29 is 4.74 Å². The van der Waals surface area contributed by atoms with Gasteiger partial charge in [-0.2, -0.15) is 12.6 Å². The first-order valence-corrected chi connectivity index (χ1v) is 4.80. The first-order chi connectivity index (χ1) is 6.24. The molecule has 0 saturated heterocycles. The van der Waals surface area contributed by atoms with Crippen LogP contribution in [0.1, 0.15) is 6.92 Å². The van der Waals surface area contributed by atoms with Crippen molar-refractivity contribution in [3.63, 3.8) is 0 Å². The summed E-state index contributed by atoms with van der Waals surface area (Å²) in [4.78, 5) is 0. The van der Waals surface area contributed by atoms with E-state index in [4.69, 9.17) is 4.74 Å². The normalized spacial score (nSPS) is 12.2. The van der Waals surface area contributed by atoms with Gasteiger partial charge in [-0.3, -0.25) is 0 Å². The van der Waals surface area contributed by atoms with Gasteiger partial charge in [-0.05, 0) is 12.1 Å². The molecule has 0 bridgehead atoms. The molecule has 1 aromatic carbocycles. The molecule has 0 aliphatic heterocycles. The maximum absolute atomic E-state index is 5.19. The predicted molar refractivity (Wildman–Crippen MR) is 59.9 cm³/mol. The third-order valence-corrected chi connectivity index (χ3v) is 1.88. The maximum atomic E-state index is 5.19. The summed E-state index contributed by atoms with van der Waals surface area (Å²) in [6, 6.07) is 7.86. The second-order valence-corrected chi connectivity index (χ2v) is 3.81. The topological polar surface area (TPSA) is 21.3 Å². The lowest BCUT2D eigenvalue weighted by molar-refractivity contribution is 0.416. The van der Waals surface area contributed by atoms with E-state index < -0.39 is 0 Å². The molecule has 0 fully saturated rings. The van der Waals surface area contributed by atoms with Crippen molar-refractivity contribution in [3.8, 4) is 5.75 Å². The lowest BCUT2D eigenvalue weighted by Crippen LogP contribution is -2.11. The van der Waals surface area contributed by atoms with Crippen LogP contribution in [0.25, 0.3) is 0 Å². The average Bonchev–Trinajstić information content (AvgIpc) is 2.15. The third kappa shape index (κ3) is 3.19. The Balaban J connectivity index is 2.64. The number of ether oxygens (including phenoxy) is 1. The number of anilines is 1. The highest BCUT2D eigenvalue weighted by Gasteiger charge is 2.00. The summed E-state index contributed by atoms with van der Waals surface area (Å²) in [7, 11) is 1.67. The smallest absolute Gasteiger partial charge is 0.141 e. The fraction of sp³-hybridized carbons (Fsp3) is 0.400. The van der Waals surface area contributed by atoms with Crippen molar-refractivity contribution in [2.75, 3.05) is 19.0 Å². The van der Waals surface area contributed by atoms with Crippen molar-refractivity contribution in [1.82, 2.24) is 0 Å². The summed E-state index contributed by atoms with van der Waals surface area (Å²) >= 11 is 4.29. The van der Waals surface area contributed by atoms with E-state index >= 15 is 0 Å². The molecular formula is C10H15NOS. The number of rotatable bonds is 4. The van der Waals surface area contributed by atoms with Crippen LogP contribution in [0.2, 0.25) is 0 Å². The molecule has 3 heteroatoms. The third-order valence-electron chi connectivity index (χ3n) is 1.69. The van der Waals surface area contributed by atoms with E-state index in [1.807, 2.05) is 31.2 Å². The van der Waals surface area contributed by atoms with Crippen LogP contribution in [0, 0.1) is 0 Å². The molecule has 1 unspecified atom stereocenters. The minimum atomic E-state index is 0.338. The SMILES string of the molecule is COc1ccccc1NCC(C)S. The lowest BCUT2D eigenvalue weighted by atomic mass is 10.3. The second kappa shape index (κ2) is 5.02. The fourth-order valence-electron chi connectivity index (χ4n) is 1.05. The van der Waals surface area contributed by atoms with E-state index in [0.717, 1.165) is 18.0 Å². The number of hydrogen-bond donors (Lipinski definition) is 2. The van der Waals surface area contributed by atoms with Crippen LogP contribution >= 0.6 is 12.6 Å². The van der Waals surface area contributed by atoms with Crippen molar-refractivity contribution in [3.05, 3.63) is 24.3 Å². The molecule has 0 aliphatic rings. The van der Waals surface area contributed by atoms with Gasteiger partial charge in [-0.1, -0.05) is 19.1 Å². The minimum Gasteiger partial charge on any atom is -0.495 e. The first kappa shape index (κ1) is 10.3. The van der Waals surface area contributed by atoms with Gasteiger partial charge in [0, 0.05) is 11.8 Å². The lowest BCUT2D eigenvalue weighted by Gasteiger charge is -2.11. The van der Waals surface area contributed by atoms with E-state index in [9.17, 15) is 0 Å². The largest absolute Gasteiger partial charge is 0.495 e. The zero-order chi connectivity index (χ0) is 9.68. The molecule has 13 heavy (non-hydrogen) atoms. The highest BCUT2D eigenvalue weighted by Crippen LogP contribution is 2.22.